The van der Waals surface area contributed by atoms with Crippen LogP contribution in [-0.2, 0) is 17.8 Å². The Kier molecular flexibility index (Phi) is 7.59. The van der Waals surface area contributed by atoms with Gasteiger partial charge in [-0.3, -0.25) is 14.2 Å². The van der Waals surface area contributed by atoms with Crippen molar-refractivity contribution in [3.8, 4) is 17.3 Å². The molecule has 0 bridgehead atoms. The van der Waals surface area contributed by atoms with Gasteiger partial charge >= 0.3 is 0 Å². The number of hydrogen-bond acceptors (Lipinski definition) is 6. The highest BCUT2D eigenvalue weighted by molar-refractivity contribution is 7.99. The number of rotatable bonds is 8. The summed E-state index contributed by atoms with van der Waals surface area (Å²) in [4.78, 5) is 29.6. The molecule has 0 saturated carbocycles. The Hall–Kier alpha value is -2.97. The van der Waals surface area contributed by atoms with E-state index in [4.69, 9.17) is 16.3 Å². The van der Waals surface area contributed by atoms with E-state index in [2.05, 4.69) is 10.3 Å². The molecule has 162 valence electrons. The van der Waals surface area contributed by atoms with Crippen LogP contribution < -0.4 is 15.6 Å². The molecule has 0 radical (unpaired) electrons. The molecular weight excluding hydrogens is 438 g/mol. The van der Waals surface area contributed by atoms with E-state index in [1.165, 1.54) is 11.7 Å². The highest BCUT2D eigenvalue weighted by Gasteiger charge is 2.19. The van der Waals surface area contributed by atoms with Gasteiger partial charge in [0.15, 0.2) is 5.16 Å². The van der Waals surface area contributed by atoms with Gasteiger partial charge in [-0.25, -0.2) is 0 Å². The van der Waals surface area contributed by atoms with Gasteiger partial charge in [-0.05, 0) is 36.2 Å². The summed E-state index contributed by atoms with van der Waals surface area (Å²) < 4.78 is 6.76. The van der Waals surface area contributed by atoms with E-state index in [9.17, 15) is 14.7 Å². The summed E-state index contributed by atoms with van der Waals surface area (Å²) in [6, 6.07) is 14.2. The molecular formula is C22H22ClN3O4S. The summed E-state index contributed by atoms with van der Waals surface area (Å²) in [6.45, 7) is 2.12. The van der Waals surface area contributed by atoms with Crippen molar-refractivity contribution >= 4 is 29.3 Å². The lowest BCUT2D eigenvalue weighted by Gasteiger charge is -2.16. The van der Waals surface area contributed by atoms with E-state index in [1.54, 1.807) is 43.3 Å². The van der Waals surface area contributed by atoms with Crippen LogP contribution in [-0.4, -0.2) is 33.4 Å². The lowest BCUT2D eigenvalue weighted by molar-refractivity contribution is -0.118. The molecule has 9 heteroatoms. The number of aromatic nitrogens is 2. The van der Waals surface area contributed by atoms with Crippen LogP contribution in [0.5, 0.6) is 11.6 Å². The summed E-state index contributed by atoms with van der Waals surface area (Å²) in [5.41, 5.74) is 1.20. The van der Waals surface area contributed by atoms with Crippen LogP contribution in [0.15, 0.2) is 58.5 Å². The van der Waals surface area contributed by atoms with Crippen molar-refractivity contribution in [1.82, 2.24) is 14.9 Å². The summed E-state index contributed by atoms with van der Waals surface area (Å²) in [6.07, 6.45) is 0.319. The first-order valence-electron chi connectivity index (χ1n) is 9.56. The maximum Gasteiger partial charge on any atom is 0.265 e. The number of carbonyl (C=O) groups excluding carboxylic acids is 1. The second kappa shape index (κ2) is 10.4. The third-order valence-electron chi connectivity index (χ3n) is 4.54. The summed E-state index contributed by atoms with van der Waals surface area (Å²) in [7, 11) is 1.51. The summed E-state index contributed by atoms with van der Waals surface area (Å²) >= 11 is 6.93. The van der Waals surface area contributed by atoms with E-state index in [0.717, 1.165) is 17.3 Å². The molecule has 0 spiro atoms. The Bertz CT molecular complexity index is 1130. The van der Waals surface area contributed by atoms with Crippen LogP contribution in [0.3, 0.4) is 0 Å². The molecule has 0 saturated heterocycles. The van der Waals surface area contributed by atoms with Gasteiger partial charge in [-0.1, -0.05) is 54.6 Å². The topological polar surface area (TPSA) is 93.5 Å². The predicted molar refractivity (Wildman–Crippen MR) is 121 cm³/mol. The number of nitrogens with one attached hydrogen (secondary N) is 1. The fourth-order valence-corrected chi connectivity index (χ4v) is 3.89. The Labute approximate surface area is 189 Å². The summed E-state index contributed by atoms with van der Waals surface area (Å²) in [5.74, 6) is -0.0733. The highest BCUT2D eigenvalue weighted by Crippen LogP contribution is 2.27. The molecule has 2 N–H and O–H groups in total. The number of ether oxygens (including phenoxy) is 1. The number of methoxy groups -OCH3 is 1. The van der Waals surface area contributed by atoms with Crippen molar-refractivity contribution in [2.24, 2.45) is 0 Å². The lowest BCUT2D eigenvalue weighted by Crippen LogP contribution is -2.27. The fourth-order valence-electron chi connectivity index (χ4n) is 2.94. The first-order valence-corrected chi connectivity index (χ1v) is 10.9. The molecule has 0 unspecified atom stereocenters. The molecule has 1 amide bonds. The van der Waals surface area contributed by atoms with Gasteiger partial charge in [0, 0.05) is 11.6 Å². The van der Waals surface area contributed by atoms with E-state index in [1.807, 2.05) is 12.1 Å². The fraction of sp³-hybridized carbons (Fsp3) is 0.227. The Balaban J connectivity index is 1.84. The Morgan fingerprint density at radius 2 is 1.94 bits per heavy atom. The number of thioether (sulfide) groups is 1. The Morgan fingerprint density at radius 3 is 2.61 bits per heavy atom. The van der Waals surface area contributed by atoms with Crippen LogP contribution in [0.1, 0.15) is 18.1 Å². The zero-order valence-corrected chi connectivity index (χ0v) is 18.7. The maximum atomic E-state index is 13.1. The summed E-state index contributed by atoms with van der Waals surface area (Å²) in [5, 5.41) is 13.9. The van der Waals surface area contributed by atoms with Crippen molar-refractivity contribution in [2.45, 2.75) is 25.0 Å². The quantitative estimate of drug-likeness (QED) is 0.395. The van der Waals surface area contributed by atoms with E-state index < -0.39 is 5.56 Å². The van der Waals surface area contributed by atoms with Crippen LogP contribution in [0.2, 0.25) is 5.02 Å². The lowest BCUT2D eigenvalue weighted by atomic mass is 10.2. The zero-order chi connectivity index (χ0) is 22.4. The number of aromatic hydroxyl groups is 1. The van der Waals surface area contributed by atoms with Gasteiger partial charge in [0.2, 0.25) is 11.8 Å². The average Bonchev–Trinajstić information content (AvgIpc) is 2.77. The Morgan fingerprint density at radius 1 is 1.23 bits per heavy atom. The number of halogens is 1. The van der Waals surface area contributed by atoms with Gasteiger partial charge in [-0.15, -0.1) is 0 Å². The van der Waals surface area contributed by atoms with Crippen LogP contribution in [0.4, 0.5) is 0 Å². The number of benzene rings is 2. The number of carbonyl (C=O) groups is 1. The standard InChI is InChI=1S/C22H22ClN3O4S/c1-3-16-20(28)25-22(26(21(16)29)17-6-4-5-7-18(17)30-2)31-13-19(27)24-12-14-8-10-15(23)11-9-14/h4-11,28H,3,12-13H2,1-2H3,(H,24,27). The zero-order valence-electron chi connectivity index (χ0n) is 17.1. The highest BCUT2D eigenvalue weighted by atomic mass is 35.5. The SMILES string of the molecule is CCc1c(O)nc(SCC(=O)NCc2ccc(Cl)cc2)n(-c2ccccc2OC)c1=O. The number of amides is 1. The molecule has 0 aliphatic carbocycles. The van der Waals surface area contributed by atoms with E-state index in [-0.39, 0.29) is 28.3 Å². The van der Waals surface area contributed by atoms with Crippen molar-refractivity contribution in [3.05, 3.63) is 75.0 Å². The van der Waals surface area contributed by atoms with Crippen molar-refractivity contribution in [2.75, 3.05) is 12.9 Å². The molecule has 1 aromatic heterocycles. The molecule has 1 heterocycles. The molecule has 3 rings (SSSR count). The number of para-hydroxylation sites is 2. The van der Waals surface area contributed by atoms with Gasteiger partial charge < -0.3 is 15.2 Å². The number of hydrogen-bond donors (Lipinski definition) is 2. The first-order chi connectivity index (χ1) is 14.9. The normalized spacial score (nSPS) is 10.7. The molecule has 31 heavy (non-hydrogen) atoms. The average molecular weight is 460 g/mol. The molecule has 2 aromatic carbocycles. The van der Waals surface area contributed by atoms with E-state index in [0.29, 0.717) is 29.4 Å². The minimum atomic E-state index is -0.399. The van der Waals surface area contributed by atoms with Crippen molar-refractivity contribution in [3.63, 3.8) is 0 Å². The first kappa shape index (κ1) is 22.7. The third kappa shape index (κ3) is 5.39. The van der Waals surface area contributed by atoms with Crippen molar-refractivity contribution in [1.29, 1.82) is 0 Å². The van der Waals surface area contributed by atoms with Gasteiger partial charge in [-0.2, -0.15) is 4.98 Å². The van der Waals surface area contributed by atoms with Crippen molar-refractivity contribution < 1.29 is 14.6 Å². The second-order valence-electron chi connectivity index (χ2n) is 6.55. The molecule has 0 atom stereocenters. The minimum absolute atomic E-state index is 0.0140. The van der Waals surface area contributed by atoms with Gasteiger partial charge in [0.1, 0.15) is 5.75 Å². The molecule has 7 nitrogen and oxygen atoms in total. The van der Waals surface area contributed by atoms with Crippen LogP contribution >= 0.6 is 23.4 Å². The number of nitrogens with zero attached hydrogens (tertiary/aromatic N) is 2. The largest absolute Gasteiger partial charge is 0.495 e. The molecule has 0 aliphatic rings. The van der Waals surface area contributed by atoms with Crippen LogP contribution in [0.25, 0.3) is 5.69 Å². The van der Waals surface area contributed by atoms with Crippen LogP contribution in [0, 0.1) is 0 Å². The van der Waals surface area contributed by atoms with Gasteiger partial charge in [0.05, 0.1) is 24.1 Å². The molecule has 0 fully saturated rings. The van der Waals surface area contributed by atoms with E-state index >= 15 is 0 Å². The van der Waals surface area contributed by atoms with Gasteiger partial charge in [0.25, 0.3) is 5.56 Å². The monoisotopic (exact) mass is 459 g/mol. The maximum absolute atomic E-state index is 13.1. The smallest absolute Gasteiger partial charge is 0.265 e. The predicted octanol–water partition coefficient (Wildman–Crippen LogP) is 3.57. The second-order valence-corrected chi connectivity index (χ2v) is 7.93. The molecule has 0 aliphatic heterocycles. The molecule has 3 aromatic rings. The third-order valence-corrected chi connectivity index (χ3v) is 5.73. The minimum Gasteiger partial charge on any atom is -0.495 e.